The van der Waals surface area contributed by atoms with Gasteiger partial charge < -0.3 is 5.21 Å². The van der Waals surface area contributed by atoms with Gasteiger partial charge in [-0.2, -0.15) is 0 Å². The third kappa shape index (κ3) is 21.2. The summed E-state index contributed by atoms with van der Waals surface area (Å²) in [4.78, 5) is 8.36. The number of rotatable bonds is 0. The topological polar surface area (TPSA) is 63.4 Å². The fourth-order valence-electron chi connectivity index (χ4n) is 1.45. The van der Waals surface area contributed by atoms with Crippen LogP contribution >= 0.6 is 0 Å². The van der Waals surface area contributed by atoms with E-state index in [-0.39, 0.29) is 22.4 Å². The van der Waals surface area contributed by atoms with Crippen molar-refractivity contribution in [2.45, 2.75) is 44.9 Å². The Morgan fingerprint density at radius 3 is 1.28 bits per heavy atom. The molecule has 0 aromatic rings. The zero-order valence-corrected chi connectivity index (χ0v) is 11.9. The van der Waals surface area contributed by atoms with Gasteiger partial charge in [-0.25, -0.2) is 0 Å². The Balaban J connectivity index is 0. The molecule has 0 saturated heterocycles. The Bertz CT molecular complexity index is 128. The van der Waals surface area contributed by atoms with Crippen molar-refractivity contribution >= 4 is 0 Å². The molecule has 1 saturated carbocycles. The van der Waals surface area contributed by atoms with Gasteiger partial charge in [0, 0.05) is 22.4 Å². The van der Waals surface area contributed by atoms with Crippen LogP contribution in [0.5, 0.6) is 0 Å². The fourth-order valence-corrected chi connectivity index (χ4v) is 1.45. The molecule has 0 atom stereocenters. The molecule has 107 valence electrons. The number of hydrogen-bond acceptors (Lipinski definition) is 2. The predicted octanol–water partition coefficient (Wildman–Crippen LogP) is 3.61. The maximum atomic E-state index is 8.36. The summed E-state index contributed by atoms with van der Waals surface area (Å²) >= 11 is 0. The van der Waals surface area contributed by atoms with Crippen LogP contribution < -0.4 is 0 Å². The summed E-state index contributed by atoms with van der Waals surface area (Å²) in [5.41, 5.74) is 0. The molecule has 0 unspecified atom stereocenters. The van der Waals surface area contributed by atoms with E-state index in [1.165, 1.54) is 44.9 Å². The smallest absolute Gasteiger partial charge is 0.291 e. The van der Waals surface area contributed by atoms with Crippen LogP contribution in [-0.2, 0) is 22.4 Å². The Labute approximate surface area is 126 Å². The maximum absolute atomic E-state index is 8.36. The normalized spacial score (nSPS) is 18.7. The number of nitrogens with zero attached hydrogens (tertiary/aromatic N) is 1. The molecule has 1 aliphatic rings. The van der Waals surface area contributed by atoms with Gasteiger partial charge >= 0.3 is 0 Å². The van der Waals surface area contributed by atoms with Crippen molar-refractivity contribution in [2.24, 2.45) is 0 Å². The Morgan fingerprint density at radius 2 is 1.00 bits per heavy atom. The predicted molar refractivity (Wildman–Crippen MR) is 66.9 cm³/mol. The molecule has 0 spiro atoms. The van der Waals surface area contributed by atoms with Crippen LogP contribution in [0.2, 0.25) is 0 Å². The summed E-state index contributed by atoms with van der Waals surface area (Å²) in [5.74, 6) is 0. The summed E-state index contributed by atoms with van der Waals surface area (Å²) in [6.45, 7) is 0. The second-order valence-electron chi connectivity index (χ2n) is 3.74. The third-order valence-corrected chi connectivity index (χ3v) is 2.24. The van der Waals surface area contributed by atoms with E-state index in [0.29, 0.717) is 0 Å². The van der Waals surface area contributed by atoms with Crippen molar-refractivity contribution in [3.05, 3.63) is 48.6 Å². The van der Waals surface area contributed by atoms with Crippen LogP contribution in [-0.4, -0.2) is 10.3 Å². The largest absolute Gasteiger partial charge is 0.328 e. The van der Waals surface area contributed by atoms with Gasteiger partial charge in [0.15, 0.2) is 0 Å². The first-order valence-corrected chi connectivity index (χ1v) is 6.01. The van der Waals surface area contributed by atoms with Crippen LogP contribution in [0.3, 0.4) is 0 Å². The van der Waals surface area contributed by atoms with E-state index >= 15 is 0 Å². The van der Waals surface area contributed by atoms with Gasteiger partial charge in [-0.3, -0.25) is 0 Å². The van der Waals surface area contributed by atoms with Crippen molar-refractivity contribution < 1.29 is 32.7 Å². The molecular formula is C13H21AgNO3. The van der Waals surface area contributed by atoms with Gasteiger partial charge in [-0.15, -0.1) is 10.1 Å². The minimum absolute atomic E-state index is 0. The van der Waals surface area contributed by atoms with E-state index in [2.05, 4.69) is 38.5 Å². The van der Waals surface area contributed by atoms with Gasteiger partial charge in [-0.05, 0) is 77.0 Å². The molecule has 0 aromatic heterocycles. The van der Waals surface area contributed by atoms with Crippen molar-refractivity contribution in [1.29, 1.82) is 0 Å². The molecule has 18 heavy (non-hydrogen) atoms. The average Bonchev–Trinajstić information content (AvgIpc) is 2.29. The minimum Gasteiger partial charge on any atom is -0.328 e. The molecule has 4 nitrogen and oxygen atoms in total. The van der Waals surface area contributed by atoms with Crippen molar-refractivity contribution in [3.8, 4) is 0 Å². The summed E-state index contributed by atoms with van der Waals surface area (Å²) in [5, 5.41) is 13.6. The summed E-state index contributed by atoms with van der Waals surface area (Å²) in [6.07, 6.45) is 22.5. The monoisotopic (exact) mass is 346 g/mol. The van der Waals surface area contributed by atoms with Gasteiger partial charge in [-0.1, -0.05) is 6.42 Å². The van der Waals surface area contributed by atoms with Crippen molar-refractivity contribution in [1.82, 2.24) is 0 Å². The van der Waals surface area contributed by atoms with Crippen LogP contribution in [0, 0.1) is 48.6 Å². The van der Waals surface area contributed by atoms with Gasteiger partial charge in [0.05, 0.1) is 0 Å². The minimum atomic E-state index is -1.50. The van der Waals surface area contributed by atoms with Gasteiger partial charge in [0.2, 0.25) is 0 Å². The fraction of sp³-hybridized carbons (Fsp3) is 0.538. The Hall–Kier alpha value is -0.0597. The molecule has 1 aliphatic carbocycles. The maximum Gasteiger partial charge on any atom is 0.291 e. The van der Waals surface area contributed by atoms with Crippen LogP contribution in [0.25, 0.3) is 0 Å². The molecule has 7 radical (unpaired) electrons. The van der Waals surface area contributed by atoms with Crippen LogP contribution in [0.4, 0.5) is 0 Å². The zero-order chi connectivity index (χ0) is 12.8. The molecule has 0 amide bonds. The second kappa shape index (κ2) is 16.9. The summed E-state index contributed by atoms with van der Waals surface area (Å²) in [7, 11) is 0. The molecule has 1 rings (SSSR count). The SMILES string of the molecule is O=[N+]([O-])O.[Ag].[CH]1[CH]CC[CH][CH]CCC[CH][CH]CC1. The molecule has 1 fully saturated rings. The molecule has 0 aromatic carbocycles. The first-order chi connectivity index (χ1) is 8.23. The summed E-state index contributed by atoms with van der Waals surface area (Å²) in [6, 6.07) is 0. The third-order valence-electron chi connectivity index (χ3n) is 2.24. The van der Waals surface area contributed by atoms with E-state index in [4.69, 9.17) is 15.3 Å². The van der Waals surface area contributed by atoms with E-state index in [9.17, 15) is 0 Å². The van der Waals surface area contributed by atoms with Crippen molar-refractivity contribution in [3.63, 3.8) is 0 Å². The molecule has 0 bridgehead atoms. The average molecular weight is 347 g/mol. The first-order valence-electron chi connectivity index (χ1n) is 6.01. The standard InChI is InChI=1S/C13H20.Ag.HNO3/c1-2-4-6-8-10-12-13-11-9-7-5-3-1;;2-1(3)4/h1-2,7-10H,3-6,11-13H2;;(H,2,3,4). The molecule has 0 aliphatic heterocycles. The van der Waals surface area contributed by atoms with E-state index in [1.807, 2.05) is 0 Å². The van der Waals surface area contributed by atoms with Gasteiger partial charge in [0.1, 0.15) is 0 Å². The molecule has 0 heterocycles. The Kier molecular flexibility index (Phi) is 19.1. The van der Waals surface area contributed by atoms with E-state index in [0.717, 1.165) is 0 Å². The van der Waals surface area contributed by atoms with Gasteiger partial charge in [0.25, 0.3) is 5.09 Å². The second-order valence-corrected chi connectivity index (χ2v) is 3.74. The quantitative estimate of drug-likeness (QED) is 0.414. The first kappa shape index (κ1) is 20.3. The molecule has 5 heteroatoms. The zero-order valence-electron chi connectivity index (χ0n) is 10.4. The molecular weight excluding hydrogens is 326 g/mol. The molecule has 1 N–H and O–H groups in total. The Morgan fingerprint density at radius 1 is 0.778 bits per heavy atom. The van der Waals surface area contributed by atoms with E-state index in [1.54, 1.807) is 0 Å². The van der Waals surface area contributed by atoms with Crippen LogP contribution in [0.15, 0.2) is 0 Å². The van der Waals surface area contributed by atoms with E-state index < -0.39 is 5.09 Å². The number of hydrogen-bond donors (Lipinski definition) is 1. The van der Waals surface area contributed by atoms with Crippen molar-refractivity contribution in [2.75, 3.05) is 0 Å². The van der Waals surface area contributed by atoms with Crippen LogP contribution in [0.1, 0.15) is 44.9 Å². The summed E-state index contributed by atoms with van der Waals surface area (Å²) < 4.78 is 0.